The van der Waals surface area contributed by atoms with Crippen LogP contribution in [0.5, 0.6) is 11.5 Å². The Kier molecular flexibility index (Phi) is 8.30. The Morgan fingerprint density at radius 2 is 1.84 bits per heavy atom. The summed E-state index contributed by atoms with van der Waals surface area (Å²) in [6.07, 6.45) is 2.04. The lowest BCUT2D eigenvalue weighted by Crippen LogP contribution is -2.56. The molecule has 2 N–H and O–H groups in total. The number of piperidine rings is 1. The highest BCUT2D eigenvalue weighted by atomic mass is 19.1. The van der Waals surface area contributed by atoms with Gasteiger partial charge in [-0.2, -0.15) is 0 Å². The van der Waals surface area contributed by atoms with Crippen molar-refractivity contribution in [3.8, 4) is 11.5 Å². The average molecular weight is 704 g/mol. The van der Waals surface area contributed by atoms with Crippen molar-refractivity contribution in [3.63, 3.8) is 0 Å². The Morgan fingerprint density at radius 1 is 1.04 bits per heavy atom. The van der Waals surface area contributed by atoms with E-state index in [-0.39, 0.29) is 92.2 Å². The molecule has 3 aromatic carbocycles. The highest BCUT2D eigenvalue weighted by Crippen LogP contribution is 2.48. The molecule has 12 nitrogen and oxygen atoms in total. The normalized spacial score (nSPS) is 22.6. The standard InChI is InChI=1S/C37H35F2N3O9/c38-28-12-23(42-15-25(17-43)51-36(42)46)8-9-30(28)50-20-37(47)10-11-40-24(14-37)19-48-34-31-26(13-29(39)32(34)40)33(44)27(16-41(31)22-6-7-22)35(45)49-18-21-4-2-1-3-5-21/h1-5,8-9,12-13,16,22,24-25,43,47H,6-7,10-11,14-15,17-20H2/t24-,25+,37?/m0/s1. The van der Waals surface area contributed by atoms with Crippen molar-refractivity contribution < 1.29 is 47.5 Å². The first kappa shape index (κ1) is 33.0. The molecule has 14 heteroatoms. The Balaban J connectivity index is 1.01. The van der Waals surface area contributed by atoms with Crippen molar-refractivity contribution >= 4 is 34.3 Å². The smallest absolute Gasteiger partial charge is 0.414 e. The number of ether oxygens (including phenoxy) is 4. The number of hydrogen-bond donors (Lipinski definition) is 2. The van der Waals surface area contributed by atoms with Crippen LogP contribution in [0, 0.1) is 11.6 Å². The minimum Gasteiger partial charge on any atom is -0.488 e. The van der Waals surface area contributed by atoms with Crippen molar-refractivity contribution in [2.45, 2.75) is 56.1 Å². The van der Waals surface area contributed by atoms with Gasteiger partial charge in [-0.3, -0.25) is 9.69 Å². The molecular formula is C37H35F2N3O9. The topological polar surface area (TPSA) is 140 Å². The minimum atomic E-state index is -1.39. The predicted molar refractivity (Wildman–Crippen MR) is 179 cm³/mol. The first-order valence-corrected chi connectivity index (χ1v) is 16.9. The lowest BCUT2D eigenvalue weighted by molar-refractivity contribution is -0.0401. The number of benzene rings is 3. The fourth-order valence-electron chi connectivity index (χ4n) is 7.16. The van der Waals surface area contributed by atoms with E-state index >= 15 is 8.78 Å². The number of pyridine rings is 1. The second-order valence-electron chi connectivity index (χ2n) is 13.5. The molecule has 4 heterocycles. The summed E-state index contributed by atoms with van der Waals surface area (Å²) in [4.78, 5) is 41.9. The van der Waals surface area contributed by atoms with E-state index in [2.05, 4.69) is 0 Å². The summed E-state index contributed by atoms with van der Waals surface area (Å²) in [7, 11) is 0. The van der Waals surface area contributed by atoms with Gasteiger partial charge < -0.3 is 38.6 Å². The van der Waals surface area contributed by atoms with Crippen LogP contribution >= 0.6 is 0 Å². The number of rotatable bonds is 9. The van der Waals surface area contributed by atoms with Crippen molar-refractivity contribution in [1.82, 2.24) is 4.57 Å². The molecule has 0 spiro atoms. The molecule has 3 aliphatic heterocycles. The average Bonchev–Trinajstić information content (AvgIpc) is 3.91. The molecule has 3 atom stereocenters. The molecule has 0 radical (unpaired) electrons. The highest BCUT2D eigenvalue weighted by Gasteiger charge is 2.44. The fourth-order valence-corrected chi connectivity index (χ4v) is 7.16. The molecule has 0 bridgehead atoms. The van der Waals surface area contributed by atoms with Crippen LogP contribution in [0.2, 0.25) is 0 Å². The molecule has 2 saturated heterocycles. The predicted octanol–water partition coefficient (Wildman–Crippen LogP) is 4.46. The van der Waals surface area contributed by atoms with Crippen LogP contribution in [-0.2, 0) is 16.1 Å². The van der Waals surface area contributed by atoms with Gasteiger partial charge in [-0.25, -0.2) is 18.4 Å². The molecule has 4 aromatic rings. The molecule has 266 valence electrons. The summed E-state index contributed by atoms with van der Waals surface area (Å²) in [5.41, 5.74) is -0.613. The SMILES string of the molecule is O=C(OCc1ccccc1)c1cn(C2CC2)c2c3c(c(F)cc2c1=O)N1CCC(O)(COc2ccc(N4C[C@H](CO)OC4=O)cc2F)C[C@H]1CO3. The fraction of sp³-hybridized carbons (Fsp3) is 0.378. The summed E-state index contributed by atoms with van der Waals surface area (Å²) in [5, 5.41) is 20.8. The highest BCUT2D eigenvalue weighted by molar-refractivity contribution is 5.98. The maximum Gasteiger partial charge on any atom is 0.414 e. The van der Waals surface area contributed by atoms with E-state index in [1.54, 1.807) is 12.1 Å². The third-order valence-corrected chi connectivity index (χ3v) is 9.95. The number of aromatic nitrogens is 1. The van der Waals surface area contributed by atoms with Crippen LogP contribution in [0.3, 0.4) is 0 Å². The number of anilines is 2. The number of carbonyl (C=O) groups is 2. The second kappa shape index (κ2) is 12.8. The first-order valence-electron chi connectivity index (χ1n) is 16.9. The maximum absolute atomic E-state index is 16.1. The number of esters is 1. The third-order valence-electron chi connectivity index (χ3n) is 9.95. The van der Waals surface area contributed by atoms with E-state index in [1.807, 2.05) is 27.7 Å². The zero-order chi connectivity index (χ0) is 35.4. The van der Waals surface area contributed by atoms with E-state index in [0.29, 0.717) is 5.52 Å². The molecule has 8 rings (SSSR count). The quantitative estimate of drug-likeness (QED) is 0.240. The van der Waals surface area contributed by atoms with E-state index in [9.17, 15) is 24.6 Å². The summed E-state index contributed by atoms with van der Waals surface area (Å²) in [6, 6.07) is 13.8. The number of carbonyl (C=O) groups excluding carboxylic acids is 2. The monoisotopic (exact) mass is 703 g/mol. The molecule has 1 saturated carbocycles. The molecule has 1 aromatic heterocycles. The zero-order valence-corrected chi connectivity index (χ0v) is 27.4. The van der Waals surface area contributed by atoms with Gasteiger partial charge in [0.05, 0.1) is 35.8 Å². The second-order valence-corrected chi connectivity index (χ2v) is 13.5. The van der Waals surface area contributed by atoms with Gasteiger partial charge in [0.15, 0.2) is 23.1 Å². The van der Waals surface area contributed by atoms with Crippen molar-refractivity contribution in [2.75, 3.05) is 42.7 Å². The molecule has 1 amide bonds. The van der Waals surface area contributed by atoms with Crippen LogP contribution in [0.4, 0.5) is 25.0 Å². The van der Waals surface area contributed by atoms with Crippen LogP contribution in [0.15, 0.2) is 65.6 Å². The molecule has 1 unspecified atom stereocenters. The van der Waals surface area contributed by atoms with Gasteiger partial charge in [-0.1, -0.05) is 30.3 Å². The van der Waals surface area contributed by atoms with Gasteiger partial charge in [0, 0.05) is 31.3 Å². The van der Waals surface area contributed by atoms with E-state index in [0.717, 1.165) is 30.5 Å². The largest absolute Gasteiger partial charge is 0.488 e. The number of hydrogen-bond acceptors (Lipinski definition) is 10. The van der Waals surface area contributed by atoms with Gasteiger partial charge in [-0.05, 0) is 43.0 Å². The number of cyclic esters (lactones) is 1. The van der Waals surface area contributed by atoms with E-state index in [1.165, 1.54) is 23.2 Å². The third kappa shape index (κ3) is 6.12. The molecule has 4 aliphatic rings. The Bertz CT molecular complexity index is 2090. The summed E-state index contributed by atoms with van der Waals surface area (Å²) < 4.78 is 55.3. The summed E-state index contributed by atoms with van der Waals surface area (Å²) >= 11 is 0. The van der Waals surface area contributed by atoms with Crippen LogP contribution in [0.25, 0.3) is 10.9 Å². The zero-order valence-electron chi connectivity index (χ0n) is 27.4. The number of amides is 1. The summed E-state index contributed by atoms with van der Waals surface area (Å²) in [6.45, 7) is -0.219. The minimum absolute atomic E-state index is 0.00402. The van der Waals surface area contributed by atoms with Gasteiger partial charge in [0.2, 0.25) is 5.43 Å². The van der Waals surface area contributed by atoms with Crippen molar-refractivity contribution in [3.05, 3.63) is 93.8 Å². The Hall–Kier alpha value is -5.21. The molecular weight excluding hydrogens is 668 g/mol. The van der Waals surface area contributed by atoms with Crippen molar-refractivity contribution in [2.24, 2.45) is 0 Å². The van der Waals surface area contributed by atoms with Crippen LogP contribution in [0.1, 0.15) is 47.6 Å². The Labute approximate surface area is 290 Å². The lowest BCUT2D eigenvalue weighted by Gasteiger charge is -2.47. The van der Waals surface area contributed by atoms with Gasteiger partial charge in [0.25, 0.3) is 0 Å². The number of halogens is 2. The number of aliphatic hydroxyl groups excluding tert-OH is 1. The molecule has 1 aliphatic carbocycles. The van der Waals surface area contributed by atoms with Gasteiger partial charge in [-0.15, -0.1) is 0 Å². The van der Waals surface area contributed by atoms with E-state index < -0.39 is 46.9 Å². The molecule has 51 heavy (non-hydrogen) atoms. The molecule has 3 fully saturated rings. The van der Waals surface area contributed by atoms with Crippen LogP contribution in [-0.4, -0.2) is 77.5 Å². The Morgan fingerprint density at radius 3 is 2.57 bits per heavy atom. The van der Waals surface area contributed by atoms with Crippen molar-refractivity contribution in [1.29, 1.82) is 0 Å². The summed E-state index contributed by atoms with van der Waals surface area (Å²) in [5.74, 6) is -2.13. The van der Waals surface area contributed by atoms with Gasteiger partial charge in [0.1, 0.15) is 42.8 Å². The van der Waals surface area contributed by atoms with E-state index in [4.69, 9.17) is 18.9 Å². The van der Waals surface area contributed by atoms with Gasteiger partial charge >= 0.3 is 12.1 Å². The lowest BCUT2D eigenvalue weighted by atomic mass is 9.86. The van der Waals surface area contributed by atoms with Crippen LogP contribution < -0.4 is 24.7 Å². The number of nitrogens with zero attached hydrogens (tertiary/aromatic N) is 3. The number of fused-ring (bicyclic) bond motifs is 5. The number of aliphatic hydroxyl groups is 2. The maximum atomic E-state index is 16.1. The first-order chi connectivity index (χ1) is 24.6.